The highest BCUT2D eigenvalue weighted by atomic mass is 15.1. The van der Waals surface area contributed by atoms with Crippen LogP contribution in [0.1, 0.15) is 26.3 Å². The Morgan fingerprint density at radius 1 is 1.00 bits per heavy atom. The Balaban J connectivity index is 2.45. The van der Waals surface area contributed by atoms with E-state index in [1.54, 1.807) is 6.20 Å². The molecular weight excluding hydrogens is 196 g/mol. The molecule has 0 radical (unpaired) electrons. The molecule has 0 N–H and O–H groups in total. The van der Waals surface area contributed by atoms with Gasteiger partial charge in [-0.2, -0.15) is 10.2 Å². The smallest absolute Gasteiger partial charge is 0.0929 e. The molecule has 0 aliphatic heterocycles. The predicted molar refractivity (Wildman–Crippen MR) is 66.2 cm³/mol. The average molecular weight is 212 g/mol. The molecule has 0 atom stereocenters. The standard InChI is InChI=1S/C14H16N2/c1-14(2,3)12-7-4-6-11(10-12)13-8-5-9-15-16-13/h4-10H,1-3H3. The second-order valence-electron chi connectivity index (χ2n) is 4.94. The lowest BCUT2D eigenvalue weighted by molar-refractivity contribution is 0.590. The second-order valence-corrected chi connectivity index (χ2v) is 4.94. The molecule has 2 heteroatoms. The van der Waals surface area contributed by atoms with Crippen LogP contribution in [-0.4, -0.2) is 10.2 Å². The first kappa shape index (κ1) is 10.8. The lowest BCUT2D eigenvalue weighted by atomic mass is 9.86. The highest BCUT2D eigenvalue weighted by Crippen LogP contribution is 2.26. The van der Waals surface area contributed by atoms with E-state index < -0.39 is 0 Å². The summed E-state index contributed by atoms with van der Waals surface area (Å²) in [5, 5.41) is 8.03. The molecule has 0 amide bonds. The Labute approximate surface area is 96.4 Å². The molecule has 0 bridgehead atoms. The van der Waals surface area contributed by atoms with Crippen molar-refractivity contribution in [1.82, 2.24) is 10.2 Å². The van der Waals surface area contributed by atoms with Gasteiger partial charge in [0.05, 0.1) is 5.69 Å². The van der Waals surface area contributed by atoms with Crippen LogP contribution in [0, 0.1) is 0 Å². The average Bonchev–Trinajstić information content (AvgIpc) is 2.29. The summed E-state index contributed by atoms with van der Waals surface area (Å²) in [5.41, 5.74) is 3.53. The molecule has 0 unspecified atom stereocenters. The van der Waals surface area contributed by atoms with E-state index in [4.69, 9.17) is 0 Å². The third-order valence-corrected chi connectivity index (χ3v) is 2.60. The predicted octanol–water partition coefficient (Wildman–Crippen LogP) is 3.44. The first-order valence-corrected chi connectivity index (χ1v) is 5.46. The van der Waals surface area contributed by atoms with Crippen LogP contribution >= 0.6 is 0 Å². The van der Waals surface area contributed by atoms with Crippen molar-refractivity contribution in [2.45, 2.75) is 26.2 Å². The molecule has 82 valence electrons. The van der Waals surface area contributed by atoms with Crippen LogP contribution in [0.25, 0.3) is 11.3 Å². The van der Waals surface area contributed by atoms with E-state index in [0.717, 1.165) is 11.3 Å². The molecule has 1 aromatic carbocycles. The van der Waals surface area contributed by atoms with E-state index in [-0.39, 0.29) is 5.41 Å². The summed E-state index contributed by atoms with van der Waals surface area (Å²) >= 11 is 0. The molecule has 0 aliphatic carbocycles. The highest BCUT2D eigenvalue weighted by Gasteiger charge is 2.14. The van der Waals surface area contributed by atoms with E-state index in [9.17, 15) is 0 Å². The Hall–Kier alpha value is -1.70. The van der Waals surface area contributed by atoms with E-state index >= 15 is 0 Å². The molecule has 0 spiro atoms. The number of benzene rings is 1. The maximum Gasteiger partial charge on any atom is 0.0929 e. The Morgan fingerprint density at radius 3 is 2.44 bits per heavy atom. The fraction of sp³-hybridized carbons (Fsp3) is 0.286. The zero-order valence-electron chi connectivity index (χ0n) is 9.94. The van der Waals surface area contributed by atoms with E-state index in [1.807, 2.05) is 12.1 Å². The summed E-state index contributed by atoms with van der Waals surface area (Å²) in [6.45, 7) is 6.63. The van der Waals surface area contributed by atoms with Crippen LogP contribution in [0.3, 0.4) is 0 Å². The molecule has 2 rings (SSSR count). The van der Waals surface area contributed by atoms with Crippen LogP contribution in [0.15, 0.2) is 42.6 Å². The third-order valence-electron chi connectivity index (χ3n) is 2.60. The number of nitrogens with zero attached hydrogens (tertiary/aromatic N) is 2. The van der Waals surface area contributed by atoms with Crippen molar-refractivity contribution in [3.63, 3.8) is 0 Å². The van der Waals surface area contributed by atoms with Gasteiger partial charge >= 0.3 is 0 Å². The zero-order valence-corrected chi connectivity index (χ0v) is 9.94. The Morgan fingerprint density at radius 2 is 1.81 bits per heavy atom. The fourth-order valence-electron chi connectivity index (χ4n) is 1.60. The van der Waals surface area contributed by atoms with Gasteiger partial charge in [-0.05, 0) is 29.2 Å². The summed E-state index contributed by atoms with van der Waals surface area (Å²) in [4.78, 5) is 0. The molecule has 16 heavy (non-hydrogen) atoms. The van der Waals surface area contributed by atoms with Crippen molar-refractivity contribution in [3.05, 3.63) is 48.2 Å². The second kappa shape index (κ2) is 4.05. The quantitative estimate of drug-likeness (QED) is 0.723. The fourth-order valence-corrected chi connectivity index (χ4v) is 1.60. The summed E-state index contributed by atoms with van der Waals surface area (Å²) in [5.74, 6) is 0. The minimum Gasteiger partial charge on any atom is -0.159 e. The van der Waals surface area contributed by atoms with Gasteiger partial charge in [0.2, 0.25) is 0 Å². The highest BCUT2D eigenvalue weighted by molar-refractivity contribution is 5.59. The van der Waals surface area contributed by atoms with Gasteiger partial charge in [0, 0.05) is 11.8 Å². The van der Waals surface area contributed by atoms with Gasteiger partial charge in [-0.1, -0.05) is 39.0 Å². The molecule has 0 aliphatic rings. The Bertz CT molecular complexity index is 470. The molecule has 0 fully saturated rings. The van der Waals surface area contributed by atoms with Crippen LogP contribution in [0.4, 0.5) is 0 Å². The van der Waals surface area contributed by atoms with Gasteiger partial charge in [0.25, 0.3) is 0 Å². The van der Waals surface area contributed by atoms with Crippen LogP contribution in [-0.2, 0) is 5.41 Å². The van der Waals surface area contributed by atoms with Gasteiger partial charge in [0.1, 0.15) is 0 Å². The van der Waals surface area contributed by atoms with Crippen molar-refractivity contribution in [2.75, 3.05) is 0 Å². The van der Waals surface area contributed by atoms with Gasteiger partial charge in [-0.3, -0.25) is 0 Å². The van der Waals surface area contributed by atoms with Crippen molar-refractivity contribution in [3.8, 4) is 11.3 Å². The lowest BCUT2D eigenvalue weighted by Gasteiger charge is -2.19. The van der Waals surface area contributed by atoms with E-state index in [1.165, 1.54) is 5.56 Å². The minimum absolute atomic E-state index is 0.165. The molecule has 2 nitrogen and oxygen atoms in total. The van der Waals surface area contributed by atoms with E-state index in [2.05, 4.69) is 55.2 Å². The first-order valence-electron chi connectivity index (χ1n) is 5.46. The molecule has 1 heterocycles. The number of hydrogen-bond acceptors (Lipinski definition) is 2. The molecule has 0 saturated carbocycles. The van der Waals surface area contributed by atoms with Crippen molar-refractivity contribution in [1.29, 1.82) is 0 Å². The van der Waals surface area contributed by atoms with Gasteiger partial charge in [-0.25, -0.2) is 0 Å². The van der Waals surface area contributed by atoms with Crippen LogP contribution in [0.2, 0.25) is 0 Å². The largest absolute Gasteiger partial charge is 0.159 e. The topological polar surface area (TPSA) is 25.8 Å². The van der Waals surface area contributed by atoms with Gasteiger partial charge in [-0.15, -0.1) is 0 Å². The monoisotopic (exact) mass is 212 g/mol. The first-order chi connectivity index (χ1) is 7.57. The van der Waals surface area contributed by atoms with Crippen molar-refractivity contribution < 1.29 is 0 Å². The van der Waals surface area contributed by atoms with Gasteiger partial charge < -0.3 is 0 Å². The summed E-state index contributed by atoms with van der Waals surface area (Å²) < 4.78 is 0. The summed E-state index contributed by atoms with van der Waals surface area (Å²) in [7, 11) is 0. The number of aromatic nitrogens is 2. The summed E-state index contributed by atoms with van der Waals surface area (Å²) in [6, 6.07) is 12.4. The molecule has 2 aromatic rings. The number of rotatable bonds is 1. The summed E-state index contributed by atoms with van der Waals surface area (Å²) in [6.07, 6.45) is 1.69. The van der Waals surface area contributed by atoms with Crippen LogP contribution in [0.5, 0.6) is 0 Å². The maximum absolute atomic E-state index is 4.12. The zero-order chi connectivity index (χ0) is 11.6. The normalized spacial score (nSPS) is 11.4. The van der Waals surface area contributed by atoms with E-state index in [0.29, 0.717) is 0 Å². The Kier molecular flexibility index (Phi) is 2.73. The minimum atomic E-state index is 0.165. The van der Waals surface area contributed by atoms with Gasteiger partial charge in [0.15, 0.2) is 0 Å². The SMILES string of the molecule is CC(C)(C)c1cccc(-c2cccnn2)c1. The third kappa shape index (κ3) is 2.27. The maximum atomic E-state index is 4.12. The van der Waals surface area contributed by atoms with Crippen LogP contribution < -0.4 is 0 Å². The molecule has 1 aromatic heterocycles. The number of hydrogen-bond donors (Lipinski definition) is 0. The van der Waals surface area contributed by atoms with Crippen molar-refractivity contribution in [2.24, 2.45) is 0 Å². The molecular formula is C14H16N2. The lowest BCUT2D eigenvalue weighted by Crippen LogP contribution is -2.10. The molecule has 0 saturated heterocycles. The van der Waals surface area contributed by atoms with Crippen molar-refractivity contribution >= 4 is 0 Å².